The van der Waals surface area contributed by atoms with Gasteiger partial charge in [0, 0.05) is 0 Å². The average molecular weight is 352 g/mol. The van der Waals surface area contributed by atoms with Gasteiger partial charge >= 0.3 is 75.7 Å². The molecule has 0 bridgehead atoms. The Hall–Kier alpha value is -0.161. The fourth-order valence-corrected chi connectivity index (χ4v) is 0.207. The van der Waals surface area contributed by atoms with Crippen LogP contribution in [-0.2, 0) is 79.5 Å². The molecular weight excluding hydrogens is 351 g/mol. The van der Waals surface area contributed by atoms with Crippen LogP contribution in [-0.4, -0.2) is 21.6 Å². The molecular formula is HO17Se. The van der Waals surface area contributed by atoms with Gasteiger partial charge in [0.1, 0.15) is 0 Å². The molecule has 109 valence electrons. The molecule has 0 aliphatic heterocycles. The van der Waals surface area contributed by atoms with Crippen molar-refractivity contribution in [1.29, 1.82) is 0 Å². The van der Waals surface area contributed by atoms with E-state index in [4.69, 9.17) is 5.26 Å². The molecule has 0 spiro atoms. The van der Waals surface area contributed by atoms with Crippen LogP contribution in [0.3, 0.4) is 0 Å². The summed E-state index contributed by atoms with van der Waals surface area (Å²) in [4.78, 5) is 0. The molecule has 17 nitrogen and oxygen atoms in total. The molecule has 18 heavy (non-hydrogen) atoms. The quantitative estimate of drug-likeness (QED) is 0.157. The van der Waals surface area contributed by atoms with Crippen molar-refractivity contribution in [2.45, 2.75) is 0 Å². The van der Waals surface area contributed by atoms with E-state index in [0.717, 1.165) is 0 Å². The molecule has 0 rings (SSSR count). The maximum atomic E-state index is 7.48. The first-order valence-corrected chi connectivity index (χ1v) is 3.55. The van der Waals surface area contributed by atoms with E-state index in [9.17, 15) is 0 Å². The number of rotatable bonds is 15. The molecule has 0 heterocycles. The van der Waals surface area contributed by atoms with Crippen molar-refractivity contribution in [3.63, 3.8) is 0 Å². The zero-order chi connectivity index (χ0) is 13.3. The molecule has 0 amide bonds. The second kappa shape index (κ2) is 16.8. The maximum absolute atomic E-state index is 7.48. The van der Waals surface area contributed by atoms with Gasteiger partial charge in [0.2, 0.25) is 0 Å². The predicted molar refractivity (Wildman–Crippen MR) is 25.7 cm³/mol. The van der Waals surface area contributed by atoms with E-state index in [1.807, 2.05) is 16.3 Å². The minimum atomic E-state index is 1.90. The van der Waals surface area contributed by atoms with Gasteiger partial charge in [0.25, 0.3) is 0 Å². The Morgan fingerprint density at radius 2 is 0.722 bits per heavy atom. The summed E-state index contributed by atoms with van der Waals surface area (Å²) in [5, 5.41) is 58.9. The molecule has 0 saturated heterocycles. The van der Waals surface area contributed by atoms with E-state index < -0.39 is 0 Å². The van der Waals surface area contributed by atoms with Crippen LogP contribution in [0.2, 0.25) is 0 Å². The second-order valence-corrected chi connectivity index (χ2v) is 1.38. The normalized spacial score (nSPS) is 11.0. The van der Waals surface area contributed by atoms with E-state index in [1.165, 1.54) is 0 Å². The first kappa shape index (κ1) is 17.8. The van der Waals surface area contributed by atoms with Crippen molar-refractivity contribution < 1.29 is 84.8 Å². The van der Waals surface area contributed by atoms with Crippen molar-refractivity contribution in [1.82, 2.24) is 0 Å². The Balaban J connectivity index is 2.86. The van der Waals surface area contributed by atoms with Crippen molar-refractivity contribution in [3.05, 3.63) is 0 Å². The van der Waals surface area contributed by atoms with Crippen LogP contribution < -0.4 is 0 Å². The van der Waals surface area contributed by atoms with Gasteiger partial charge < -0.3 is 0 Å². The summed E-state index contributed by atoms with van der Waals surface area (Å²) >= 11 is 1.90. The van der Waals surface area contributed by atoms with Crippen molar-refractivity contribution >= 4 is 16.3 Å². The van der Waals surface area contributed by atoms with E-state index in [-0.39, 0.29) is 0 Å². The molecule has 0 aromatic carbocycles. The molecule has 0 saturated carbocycles. The zero-order valence-electron chi connectivity index (χ0n) is 7.39. The summed E-state index contributed by atoms with van der Waals surface area (Å²) in [6, 6.07) is 0. The Kier molecular flexibility index (Phi) is 16.7. The predicted octanol–water partition coefficient (Wildman–Crippen LogP) is -1.47. The molecule has 18 heteroatoms. The molecule has 1 radical (unpaired) electrons. The van der Waals surface area contributed by atoms with E-state index in [0.29, 0.717) is 0 Å². The van der Waals surface area contributed by atoms with Gasteiger partial charge in [-0.25, -0.2) is 5.26 Å². The van der Waals surface area contributed by atoms with Gasteiger partial charge in [-0.05, 0) is 20.2 Å². The van der Waals surface area contributed by atoms with Crippen LogP contribution in [0, 0.1) is 0 Å². The van der Waals surface area contributed by atoms with E-state index >= 15 is 0 Å². The Bertz CT molecular complexity index is 118. The summed E-state index contributed by atoms with van der Waals surface area (Å²) in [5.74, 6) is 0. The molecule has 0 aliphatic carbocycles. The first-order valence-electron chi connectivity index (χ1n) is 2.85. The van der Waals surface area contributed by atoms with Gasteiger partial charge in [0.15, 0.2) is 0 Å². The summed E-state index contributed by atoms with van der Waals surface area (Å²) in [5.41, 5.74) is 0. The minimum absolute atomic E-state index is 1.90. The number of hydrogen-bond acceptors (Lipinski definition) is 17. The van der Waals surface area contributed by atoms with E-state index in [2.05, 4.69) is 79.5 Å². The van der Waals surface area contributed by atoms with Crippen molar-refractivity contribution in [2.75, 3.05) is 0 Å². The third kappa shape index (κ3) is 15.8. The molecule has 0 aliphatic rings. The van der Waals surface area contributed by atoms with Crippen LogP contribution in [0.15, 0.2) is 0 Å². The molecule has 0 aromatic rings. The molecule has 0 fully saturated rings. The summed E-state index contributed by atoms with van der Waals surface area (Å²) < 4.78 is 3.74. The first-order chi connectivity index (χ1) is 8.91. The Morgan fingerprint density at radius 1 is 0.444 bits per heavy atom. The number of hydrogen-bond donors (Lipinski definition) is 1. The zero-order valence-corrected chi connectivity index (χ0v) is 9.10. The average Bonchev–Trinajstić information content (AvgIpc) is 2.39. The second-order valence-electron chi connectivity index (χ2n) is 1.10. The summed E-state index contributed by atoms with van der Waals surface area (Å²) in [6.45, 7) is 0. The Morgan fingerprint density at radius 3 is 1.00 bits per heavy atom. The molecule has 0 atom stereocenters. The fourth-order valence-electron chi connectivity index (χ4n) is 0.160. The third-order valence-electron chi connectivity index (χ3n) is 0.419. The SMILES string of the molecule is OOOOOOOOOOOOOOOOO[Se]. The van der Waals surface area contributed by atoms with Gasteiger partial charge in [-0.3, -0.25) is 0 Å². The van der Waals surface area contributed by atoms with Gasteiger partial charge in [-0.2, -0.15) is 0 Å². The van der Waals surface area contributed by atoms with Crippen LogP contribution in [0.25, 0.3) is 0 Å². The summed E-state index contributed by atoms with van der Waals surface area (Å²) in [6.07, 6.45) is 0. The van der Waals surface area contributed by atoms with Crippen LogP contribution in [0.4, 0.5) is 0 Å². The fraction of sp³-hybridized carbons (Fsp3) is 0. The molecule has 0 unspecified atom stereocenters. The van der Waals surface area contributed by atoms with Crippen molar-refractivity contribution in [3.8, 4) is 0 Å². The summed E-state index contributed by atoms with van der Waals surface area (Å²) in [7, 11) is 0. The van der Waals surface area contributed by atoms with Crippen LogP contribution in [0.5, 0.6) is 0 Å². The van der Waals surface area contributed by atoms with Gasteiger partial charge in [-0.15, -0.1) is 0 Å². The molecule has 0 aromatic heterocycles. The van der Waals surface area contributed by atoms with Crippen LogP contribution in [0.1, 0.15) is 0 Å². The third-order valence-corrected chi connectivity index (χ3v) is 0.536. The Labute approximate surface area is 102 Å². The standard InChI is InChI=1S/HO17Se/c1-2-3-4-5-6-7-8-9-10-11-12-13-14-15-16-17-18/h1H. The van der Waals surface area contributed by atoms with E-state index in [1.54, 1.807) is 0 Å². The van der Waals surface area contributed by atoms with Gasteiger partial charge in [0.05, 0.1) is 0 Å². The van der Waals surface area contributed by atoms with Gasteiger partial charge in [-0.1, -0.05) is 0 Å². The monoisotopic (exact) mass is 353 g/mol. The van der Waals surface area contributed by atoms with Crippen molar-refractivity contribution in [2.24, 2.45) is 0 Å². The van der Waals surface area contributed by atoms with Crippen LogP contribution >= 0.6 is 0 Å². The topological polar surface area (TPSA) is 168 Å². The molecule has 1 N–H and O–H groups in total.